The number of amidine groups is 1. The van der Waals surface area contributed by atoms with Crippen LogP contribution < -0.4 is 15.8 Å². The molecule has 13 heteroatoms. The van der Waals surface area contributed by atoms with Gasteiger partial charge in [0.15, 0.2) is 5.84 Å². The molecule has 0 aliphatic carbocycles. The van der Waals surface area contributed by atoms with Gasteiger partial charge in [0, 0.05) is 17.1 Å². The lowest BCUT2D eigenvalue weighted by atomic mass is 10.1. The number of aromatic hydroxyl groups is 1. The lowest BCUT2D eigenvalue weighted by Crippen LogP contribution is -2.36. The van der Waals surface area contributed by atoms with Crippen LogP contribution in [0.1, 0.15) is 89.5 Å². The highest BCUT2D eigenvalue weighted by Crippen LogP contribution is 2.38. The maximum atomic E-state index is 13.7. The number of aryl methyl sites for hydroxylation is 1. The first-order chi connectivity index (χ1) is 23.6. The van der Waals surface area contributed by atoms with Crippen LogP contribution in [0.5, 0.6) is 5.75 Å². The van der Waals surface area contributed by atoms with Crippen molar-refractivity contribution in [1.82, 2.24) is 5.43 Å². The van der Waals surface area contributed by atoms with Gasteiger partial charge in [-0.3, -0.25) is 15.0 Å². The van der Waals surface area contributed by atoms with Crippen molar-refractivity contribution in [3.8, 4) is 5.75 Å². The van der Waals surface area contributed by atoms with E-state index in [2.05, 4.69) is 32.9 Å². The summed E-state index contributed by atoms with van der Waals surface area (Å²) in [6, 6.07) is 11.4. The predicted molar refractivity (Wildman–Crippen MR) is 201 cm³/mol. The van der Waals surface area contributed by atoms with E-state index in [1.54, 1.807) is 30.3 Å². The van der Waals surface area contributed by atoms with E-state index in [4.69, 9.17) is 46.4 Å². The molecule has 1 unspecified atom stereocenters. The van der Waals surface area contributed by atoms with Crippen molar-refractivity contribution >= 4 is 86.8 Å². The highest BCUT2D eigenvalue weighted by atomic mass is 35.5. The molecule has 0 bridgehead atoms. The maximum Gasteiger partial charge on any atom is 0.280 e. The number of carbonyl (C=O) groups excluding carboxylic acids is 2. The van der Waals surface area contributed by atoms with Crippen molar-refractivity contribution in [2.45, 2.75) is 96.9 Å². The fourth-order valence-corrected chi connectivity index (χ4v) is 6.54. The number of phenols is 1. The monoisotopic (exact) mass is 746 g/mol. The van der Waals surface area contributed by atoms with Crippen LogP contribution >= 0.6 is 46.4 Å². The molecule has 1 aliphatic heterocycles. The Labute approximate surface area is 308 Å². The fraction of sp³-hybridized carbons (Fsp3) is 0.417. The number of azo groups is 1. The number of benzene rings is 3. The molecule has 2 amide bonds. The Bertz CT molecular complexity index is 1660. The minimum absolute atomic E-state index is 0.0637. The Hall–Kier alpha value is -3.37. The Balaban J connectivity index is 1.45. The summed E-state index contributed by atoms with van der Waals surface area (Å²) in [7, 11) is 0. The van der Waals surface area contributed by atoms with Gasteiger partial charge in [-0.1, -0.05) is 124 Å². The van der Waals surface area contributed by atoms with Crippen LogP contribution in [-0.2, 0) is 9.59 Å². The Morgan fingerprint density at radius 2 is 1.47 bits per heavy atom. The summed E-state index contributed by atoms with van der Waals surface area (Å²) in [6.07, 6.45) is 13.7. The van der Waals surface area contributed by atoms with Gasteiger partial charge in [-0.25, -0.2) is 10.0 Å². The van der Waals surface area contributed by atoms with Crippen molar-refractivity contribution in [3.05, 3.63) is 74.2 Å². The number of hydrogen-bond acceptors (Lipinski definition) is 6. The number of carbonyl (C=O) groups is 2. The molecule has 3 N–H and O–H groups in total. The zero-order chi connectivity index (χ0) is 35.3. The van der Waals surface area contributed by atoms with Crippen LogP contribution in [0.15, 0.2) is 63.8 Å². The van der Waals surface area contributed by atoms with Gasteiger partial charge in [-0.05, 0) is 61.4 Å². The normalized spacial score (nSPS) is 15.4. The first-order valence-corrected chi connectivity index (χ1v) is 18.2. The average Bonchev–Trinajstić information content (AvgIpc) is 3.34. The van der Waals surface area contributed by atoms with Gasteiger partial charge in [0.2, 0.25) is 11.9 Å². The number of phenolic OH excluding ortho intramolecular Hbond substituents is 1. The number of rotatable bonds is 17. The molecule has 1 saturated heterocycles. The van der Waals surface area contributed by atoms with Crippen LogP contribution in [0.2, 0.25) is 20.1 Å². The van der Waals surface area contributed by atoms with Gasteiger partial charge in [0.1, 0.15) is 17.1 Å². The Morgan fingerprint density at radius 3 is 2.10 bits per heavy atom. The minimum Gasteiger partial charge on any atom is -0.506 e. The molecule has 3 aromatic rings. The molecule has 49 heavy (non-hydrogen) atoms. The summed E-state index contributed by atoms with van der Waals surface area (Å²) in [6.45, 7) is 4.06. The van der Waals surface area contributed by atoms with Crippen molar-refractivity contribution in [2.75, 3.05) is 10.3 Å². The Morgan fingerprint density at radius 1 is 0.837 bits per heavy atom. The van der Waals surface area contributed by atoms with Crippen molar-refractivity contribution in [3.63, 3.8) is 0 Å². The summed E-state index contributed by atoms with van der Waals surface area (Å²) in [4.78, 5) is 31.1. The van der Waals surface area contributed by atoms with Gasteiger partial charge in [-0.15, -0.1) is 0 Å². The molecular formula is C36H42Cl4N6O3. The van der Waals surface area contributed by atoms with Gasteiger partial charge >= 0.3 is 0 Å². The molecule has 0 aromatic heterocycles. The van der Waals surface area contributed by atoms with Gasteiger partial charge < -0.3 is 10.4 Å². The molecule has 3 aromatic carbocycles. The Kier molecular flexibility index (Phi) is 15.0. The standard InChI is InChI=1S/C36H42Cl4N6O3/c1-3-4-5-6-7-8-9-10-11-12-13-14-32(48)41-25-16-17-26(38)30(22-25)42-35-33(44-43-29-18-15-23(2)19-31(29)47)36(49)46(45-35)34-27(39)20-24(37)21-28(34)40/h15-22,33,47H,3-14H2,1-2H3,(H,41,48)(H,42,45). The number of aliphatic imine (C=N–C) groups is 1. The lowest BCUT2D eigenvalue weighted by molar-refractivity contribution is -0.118. The van der Waals surface area contributed by atoms with E-state index in [1.165, 1.54) is 69.6 Å². The number of amides is 2. The SMILES string of the molecule is CCCCCCCCCCCCCC(=O)Nc1ccc(Cl)c(N=C2NN(c3c(Cl)cc(Cl)cc3Cl)C(=O)C2N=Nc2ccc(C)cc2O)c1. The average molecular weight is 749 g/mol. The third kappa shape index (κ3) is 11.3. The summed E-state index contributed by atoms with van der Waals surface area (Å²) in [5.41, 5.74) is 4.85. The van der Waals surface area contributed by atoms with E-state index in [9.17, 15) is 14.7 Å². The fourth-order valence-electron chi connectivity index (χ4n) is 5.39. The van der Waals surface area contributed by atoms with Crippen molar-refractivity contribution in [1.29, 1.82) is 0 Å². The van der Waals surface area contributed by atoms with Crippen LogP contribution in [0.25, 0.3) is 0 Å². The van der Waals surface area contributed by atoms with Gasteiger partial charge in [0.25, 0.3) is 5.91 Å². The lowest BCUT2D eigenvalue weighted by Gasteiger charge is -2.19. The quantitative estimate of drug-likeness (QED) is 0.0940. The molecular weight excluding hydrogens is 706 g/mol. The van der Waals surface area contributed by atoms with Crippen LogP contribution in [0.3, 0.4) is 0 Å². The number of halogens is 4. The van der Waals surface area contributed by atoms with Crippen LogP contribution in [-0.4, -0.2) is 28.8 Å². The minimum atomic E-state index is -1.28. The van der Waals surface area contributed by atoms with Gasteiger partial charge in [0.05, 0.1) is 20.8 Å². The number of hydrazine groups is 1. The largest absolute Gasteiger partial charge is 0.506 e. The van der Waals surface area contributed by atoms with E-state index >= 15 is 0 Å². The molecule has 0 spiro atoms. The van der Waals surface area contributed by atoms with Crippen LogP contribution in [0.4, 0.5) is 22.7 Å². The molecule has 1 aliphatic rings. The zero-order valence-corrected chi connectivity index (χ0v) is 30.8. The third-order valence-electron chi connectivity index (χ3n) is 8.03. The number of anilines is 2. The molecule has 0 radical (unpaired) electrons. The molecule has 1 fully saturated rings. The predicted octanol–water partition coefficient (Wildman–Crippen LogP) is 11.7. The number of nitrogens with zero attached hydrogens (tertiary/aromatic N) is 4. The smallest absolute Gasteiger partial charge is 0.280 e. The van der Waals surface area contributed by atoms with Crippen molar-refractivity contribution < 1.29 is 14.7 Å². The zero-order valence-electron chi connectivity index (χ0n) is 27.7. The van der Waals surface area contributed by atoms with Crippen LogP contribution in [0, 0.1) is 6.92 Å². The molecule has 9 nitrogen and oxygen atoms in total. The van der Waals surface area contributed by atoms with E-state index in [0.717, 1.165) is 29.8 Å². The summed E-state index contributed by atoms with van der Waals surface area (Å²) >= 11 is 25.5. The summed E-state index contributed by atoms with van der Waals surface area (Å²) in [5, 5.41) is 23.6. The molecule has 0 saturated carbocycles. The van der Waals surface area contributed by atoms with Gasteiger partial charge in [-0.2, -0.15) is 10.2 Å². The van der Waals surface area contributed by atoms with E-state index in [-0.39, 0.29) is 49.6 Å². The highest BCUT2D eigenvalue weighted by molar-refractivity contribution is 6.43. The first kappa shape index (κ1) is 38.4. The highest BCUT2D eigenvalue weighted by Gasteiger charge is 2.41. The summed E-state index contributed by atoms with van der Waals surface area (Å²) in [5.74, 6) is -0.726. The second-order valence-corrected chi connectivity index (χ2v) is 13.8. The van der Waals surface area contributed by atoms with Crippen molar-refractivity contribution in [2.24, 2.45) is 15.2 Å². The number of nitrogens with one attached hydrogen (secondary N) is 2. The first-order valence-electron chi connectivity index (χ1n) is 16.7. The molecule has 262 valence electrons. The summed E-state index contributed by atoms with van der Waals surface area (Å²) < 4.78 is 0. The van der Waals surface area contributed by atoms with E-state index in [0.29, 0.717) is 17.1 Å². The third-order valence-corrected chi connectivity index (χ3v) is 9.15. The van der Waals surface area contributed by atoms with E-state index < -0.39 is 11.9 Å². The number of hydrogen-bond donors (Lipinski definition) is 3. The second-order valence-electron chi connectivity index (χ2n) is 12.1. The maximum absolute atomic E-state index is 13.7. The topological polar surface area (TPSA) is 119 Å². The molecule has 1 atom stereocenters. The molecule has 1 heterocycles. The van der Waals surface area contributed by atoms with E-state index in [1.807, 2.05) is 6.92 Å². The second kappa shape index (κ2) is 19.1. The number of unbranched alkanes of at least 4 members (excludes halogenated alkanes) is 10. The molecule has 4 rings (SSSR count).